The van der Waals surface area contributed by atoms with Gasteiger partial charge in [-0.25, -0.2) is 0 Å². The van der Waals surface area contributed by atoms with Crippen molar-refractivity contribution >= 4 is 35.0 Å². The lowest BCUT2D eigenvalue weighted by Crippen LogP contribution is -2.62. The van der Waals surface area contributed by atoms with Crippen molar-refractivity contribution < 1.29 is 9.59 Å². The van der Waals surface area contributed by atoms with Crippen LogP contribution in [0.1, 0.15) is 25.7 Å². The maximum atomic E-state index is 13.3. The second-order valence-electron chi connectivity index (χ2n) is 7.69. The second kappa shape index (κ2) is 8.91. The van der Waals surface area contributed by atoms with Crippen molar-refractivity contribution in [3.63, 3.8) is 0 Å². The lowest BCUT2D eigenvalue weighted by molar-refractivity contribution is -0.127. The lowest BCUT2D eigenvalue weighted by Gasteiger charge is -2.41. The molecular formula is C23H27N3O2S. The Balaban J connectivity index is 1.64. The number of para-hydroxylation sites is 1. The summed E-state index contributed by atoms with van der Waals surface area (Å²) < 4.78 is 0. The van der Waals surface area contributed by atoms with E-state index in [1.54, 1.807) is 16.7 Å². The van der Waals surface area contributed by atoms with Crippen LogP contribution in [0.4, 0.5) is 11.4 Å². The van der Waals surface area contributed by atoms with E-state index in [2.05, 4.69) is 5.32 Å². The molecule has 5 nitrogen and oxygen atoms in total. The van der Waals surface area contributed by atoms with Gasteiger partial charge in [0.05, 0.1) is 6.54 Å². The lowest BCUT2D eigenvalue weighted by atomic mass is 10.1. The molecule has 1 unspecified atom stereocenters. The quantitative estimate of drug-likeness (QED) is 0.766. The number of carbonyl (C=O) groups excluding carboxylic acids is 2. The van der Waals surface area contributed by atoms with E-state index in [0.29, 0.717) is 6.54 Å². The zero-order chi connectivity index (χ0) is 20.2. The van der Waals surface area contributed by atoms with Crippen LogP contribution in [0.5, 0.6) is 0 Å². The van der Waals surface area contributed by atoms with Gasteiger partial charge in [-0.2, -0.15) is 0 Å². The van der Waals surface area contributed by atoms with Crippen molar-refractivity contribution in [1.29, 1.82) is 0 Å². The van der Waals surface area contributed by atoms with Crippen LogP contribution in [0.15, 0.2) is 59.5 Å². The molecule has 1 aliphatic heterocycles. The summed E-state index contributed by atoms with van der Waals surface area (Å²) in [5.74, 6) is -0.106. The third kappa shape index (κ3) is 4.42. The number of piperazine rings is 1. The highest BCUT2D eigenvalue weighted by Crippen LogP contribution is 2.28. The third-order valence-corrected chi connectivity index (χ3v) is 6.48. The van der Waals surface area contributed by atoms with Crippen molar-refractivity contribution in [2.24, 2.45) is 0 Å². The Labute approximate surface area is 176 Å². The Morgan fingerprint density at radius 3 is 2.48 bits per heavy atom. The van der Waals surface area contributed by atoms with Gasteiger partial charge in [0.15, 0.2) is 0 Å². The Hall–Kier alpha value is -2.47. The molecule has 2 aromatic rings. The van der Waals surface area contributed by atoms with E-state index in [1.165, 1.54) is 0 Å². The minimum absolute atomic E-state index is 0.0510. The van der Waals surface area contributed by atoms with E-state index in [-0.39, 0.29) is 24.4 Å². The van der Waals surface area contributed by atoms with Crippen LogP contribution in [0, 0.1) is 0 Å². The third-order valence-electron chi connectivity index (χ3n) is 5.76. The molecular weight excluding hydrogens is 382 g/mol. The Morgan fingerprint density at radius 1 is 1.03 bits per heavy atom. The van der Waals surface area contributed by atoms with E-state index >= 15 is 0 Å². The number of benzene rings is 2. The molecule has 1 heterocycles. The van der Waals surface area contributed by atoms with Crippen LogP contribution in [0.3, 0.4) is 0 Å². The van der Waals surface area contributed by atoms with E-state index in [4.69, 9.17) is 0 Å². The van der Waals surface area contributed by atoms with Crippen molar-refractivity contribution in [3.8, 4) is 0 Å². The fourth-order valence-corrected chi connectivity index (χ4v) is 4.71. The number of nitrogens with one attached hydrogen (secondary N) is 1. The first kappa shape index (κ1) is 19.8. The van der Waals surface area contributed by atoms with Crippen molar-refractivity contribution in [3.05, 3.63) is 54.6 Å². The number of hydrogen-bond acceptors (Lipinski definition) is 4. The van der Waals surface area contributed by atoms with Gasteiger partial charge in [-0.15, -0.1) is 11.8 Å². The van der Waals surface area contributed by atoms with Gasteiger partial charge >= 0.3 is 0 Å². The fourth-order valence-electron chi connectivity index (χ4n) is 4.26. The number of rotatable bonds is 5. The van der Waals surface area contributed by atoms with Gasteiger partial charge < -0.3 is 10.2 Å². The summed E-state index contributed by atoms with van der Waals surface area (Å²) in [6, 6.07) is 17.4. The molecule has 2 aromatic carbocycles. The van der Waals surface area contributed by atoms with Crippen LogP contribution in [0.2, 0.25) is 0 Å². The smallest absolute Gasteiger partial charge is 0.247 e. The number of hydrogen-bond donors (Lipinski definition) is 1. The highest BCUT2D eigenvalue weighted by molar-refractivity contribution is 7.98. The second-order valence-corrected chi connectivity index (χ2v) is 8.57. The predicted molar refractivity (Wildman–Crippen MR) is 119 cm³/mol. The van der Waals surface area contributed by atoms with Crippen LogP contribution in [-0.2, 0) is 9.59 Å². The number of nitrogens with zero attached hydrogens (tertiary/aromatic N) is 2. The van der Waals surface area contributed by atoms with E-state index in [0.717, 1.165) is 42.0 Å². The summed E-state index contributed by atoms with van der Waals surface area (Å²) >= 11 is 1.63. The maximum absolute atomic E-state index is 13.3. The standard InChI is InChI=1S/C23H27N3O2S/c1-29-20-13-7-12-19(14-20)26-21(23(28)24-17-8-5-6-9-17)15-25(16-22(26)27)18-10-3-2-4-11-18/h2-4,7,10-14,17,21H,5-6,8-9,15-16H2,1H3,(H,24,28). The molecule has 0 bridgehead atoms. The highest BCUT2D eigenvalue weighted by atomic mass is 32.2. The van der Waals surface area contributed by atoms with E-state index < -0.39 is 6.04 Å². The van der Waals surface area contributed by atoms with Gasteiger partial charge in [-0.1, -0.05) is 37.1 Å². The summed E-state index contributed by atoms with van der Waals surface area (Å²) in [5.41, 5.74) is 1.76. The van der Waals surface area contributed by atoms with Gasteiger partial charge in [0.1, 0.15) is 6.04 Å². The van der Waals surface area contributed by atoms with Crippen molar-refractivity contribution in [1.82, 2.24) is 5.32 Å². The molecule has 2 aliphatic rings. The maximum Gasteiger partial charge on any atom is 0.247 e. The molecule has 1 saturated heterocycles. The molecule has 4 rings (SSSR count). The molecule has 1 saturated carbocycles. The Kier molecular flexibility index (Phi) is 6.09. The highest BCUT2D eigenvalue weighted by Gasteiger charge is 2.39. The molecule has 0 aromatic heterocycles. The number of thioether (sulfide) groups is 1. The fraction of sp³-hybridized carbons (Fsp3) is 0.391. The molecule has 152 valence electrons. The zero-order valence-corrected chi connectivity index (χ0v) is 17.5. The van der Waals surface area contributed by atoms with Crippen LogP contribution >= 0.6 is 11.8 Å². The van der Waals surface area contributed by atoms with Gasteiger partial charge in [0.25, 0.3) is 0 Å². The summed E-state index contributed by atoms with van der Waals surface area (Å²) in [6.45, 7) is 0.749. The van der Waals surface area contributed by atoms with Crippen LogP contribution in [0.25, 0.3) is 0 Å². The molecule has 2 amide bonds. The number of anilines is 2. The van der Waals surface area contributed by atoms with E-state index in [9.17, 15) is 9.59 Å². The predicted octanol–water partition coefficient (Wildman–Crippen LogP) is 3.69. The molecule has 1 atom stereocenters. The van der Waals surface area contributed by atoms with E-state index in [1.807, 2.05) is 65.8 Å². The summed E-state index contributed by atoms with van der Waals surface area (Å²) in [7, 11) is 0. The molecule has 2 fully saturated rings. The summed E-state index contributed by atoms with van der Waals surface area (Å²) in [6.07, 6.45) is 6.38. The average molecular weight is 410 g/mol. The molecule has 29 heavy (non-hydrogen) atoms. The van der Waals surface area contributed by atoms with Crippen molar-refractivity contribution in [2.75, 3.05) is 29.1 Å². The Bertz CT molecular complexity index is 867. The van der Waals surface area contributed by atoms with Crippen LogP contribution < -0.4 is 15.1 Å². The SMILES string of the molecule is CSc1cccc(N2C(=O)CN(c3ccccc3)CC2C(=O)NC2CCCC2)c1. The molecule has 0 radical (unpaired) electrons. The molecule has 1 aliphatic carbocycles. The van der Waals surface area contributed by atoms with Gasteiger partial charge in [0.2, 0.25) is 11.8 Å². The zero-order valence-electron chi connectivity index (χ0n) is 16.7. The first-order valence-electron chi connectivity index (χ1n) is 10.2. The topological polar surface area (TPSA) is 52.7 Å². The minimum atomic E-state index is -0.547. The van der Waals surface area contributed by atoms with Gasteiger partial charge in [0, 0.05) is 28.9 Å². The number of amides is 2. The van der Waals surface area contributed by atoms with Crippen LogP contribution in [-0.4, -0.2) is 43.2 Å². The summed E-state index contributed by atoms with van der Waals surface area (Å²) in [4.78, 5) is 31.3. The first-order valence-corrected chi connectivity index (χ1v) is 11.4. The normalized spacial score (nSPS) is 20.2. The molecule has 6 heteroatoms. The molecule has 0 spiro atoms. The first-order chi connectivity index (χ1) is 14.2. The minimum Gasteiger partial charge on any atom is -0.360 e. The average Bonchev–Trinajstić information content (AvgIpc) is 3.26. The van der Waals surface area contributed by atoms with Gasteiger partial charge in [-0.05, 0) is 49.4 Å². The Morgan fingerprint density at radius 2 is 1.76 bits per heavy atom. The summed E-state index contributed by atoms with van der Waals surface area (Å²) in [5, 5.41) is 3.20. The van der Waals surface area contributed by atoms with Gasteiger partial charge in [-0.3, -0.25) is 14.5 Å². The van der Waals surface area contributed by atoms with Crippen molar-refractivity contribution in [2.45, 2.75) is 42.7 Å². The molecule has 1 N–H and O–H groups in total. The number of carbonyl (C=O) groups is 2. The largest absolute Gasteiger partial charge is 0.360 e. The monoisotopic (exact) mass is 409 g/mol.